The van der Waals surface area contributed by atoms with Gasteiger partial charge in [0.15, 0.2) is 0 Å². The van der Waals surface area contributed by atoms with Gasteiger partial charge in [0.2, 0.25) is 5.91 Å². The summed E-state index contributed by atoms with van der Waals surface area (Å²) in [4.78, 5) is 22.6. The lowest BCUT2D eigenvalue weighted by Gasteiger charge is -2.34. The number of amides is 1. The van der Waals surface area contributed by atoms with Gasteiger partial charge in [0.25, 0.3) is 0 Å². The van der Waals surface area contributed by atoms with Crippen molar-refractivity contribution in [1.29, 1.82) is 0 Å². The number of H-pyrrole nitrogens is 1. The summed E-state index contributed by atoms with van der Waals surface area (Å²) in [6, 6.07) is 12.5. The van der Waals surface area contributed by atoms with Gasteiger partial charge < -0.3 is 19.8 Å². The van der Waals surface area contributed by atoms with E-state index in [4.69, 9.17) is 0 Å². The molecule has 0 spiro atoms. The van der Waals surface area contributed by atoms with Crippen LogP contribution in [0.2, 0.25) is 0 Å². The molecule has 0 bridgehead atoms. The third-order valence-corrected chi connectivity index (χ3v) is 5.47. The molecule has 1 aliphatic heterocycles. The summed E-state index contributed by atoms with van der Waals surface area (Å²) >= 11 is 0. The molecule has 146 valence electrons. The maximum absolute atomic E-state index is 13.1. The molecule has 1 aromatic carbocycles. The number of hydrogen-bond acceptors (Lipinski definition) is 3. The second-order valence-electron chi connectivity index (χ2n) is 7.54. The second kappa shape index (κ2) is 8.33. The van der Waals surface area contributed by atoms with E-state index >= 15 is 0 Å². The fourth-order valence-corrected chi connectivity index (χ4v) is 3.90. The molecule has 0 radical (unpaired) electrons. The lowest BCUT2D eigenvalue weighted by Crippen LogP contribution is -2.47. The van der Waals surface area contributed by atoms with Gasteiger partial charge in [-0.3, -0.25) is 4.79 Å². The lowest BCUT2D eigenvalue weighted by molar-refractivity contribution is -0.125. The van der Waals surface area contributed by atoms with Crippen LogP contribution in [-0.4, -0.2) is 39.6 Å². The lowest BCUT2D eigenvalue weighted by atomic mass is 10.0. The minimum Gasteiger partial charge on any atom is -0.371 e. The van der Waals surface area contributed by atoms with Crippen molar-refractivity contribution in [2.45, 2.75) is 38.3 Å². The Hall–Kier alpha value is -3.02. The Balaban J connectivity index is 1.37. The van der Waals surface area contributed by atoms with Crippen LogP contribution in [0.1, 0.15) is 30.1 Å². The number of nitrogens with one attached hydrogen (secondary N) is 2. The highest BCUT2D eigenvalue weighted by molar-refractivity contribution is 5.81. The van der Waals surface area contributed by atoms with E-state index in [9.17, 15) is 4.79 Å². The molecule has 4 rings (SSSR count). The molecule has 1 fully saturated rings. The summed E-state index contributed by atoms with van der Waals surface area (Å²) in [5.74, 6) is 0.0693. The third kappa shape index (κ3) is 4.27. The van der Waals surface area contributed by atoms with E-state index < -0.39 is 0 Å². The molecule has 1 aliphatic rings. The van der Waals surface area contributed by atoms with Gasteiger partial charge in [0, 0.05) is 55.5 Å². The number of anilines is 1. The van der Waals surface area contributed by atoms with E-state index in [1.165, 1.54) is 11.3 Å². The van der Waals surface area contributed by atoms with Crippen LogP contribution in [0.3, 0.4) is 0 Å². The van der Waals surface area contributed by atoms with Crippen molar-refractivity contribution in [1.82, 2.24) is 19.9 Å². The average molecular weight is 377 g/mol. The first-order valence-corrected chi connectivity index (χ1v) is 9.91. The van der Waals surface area contributed by atoms with Crippen LogP contribution in [-0.2, 0) is 11.2 Å². The number of imidazole rings is 1. The molecule has 0 aliphatic carbocycles. The molecule has 2 N–H and O–H groups in total. The number of rotatable bonds is 6. The molecule has 1 amide bonds. The third-order valence-electron chi connectivity index (χ3n) is 5.47. The maximum atomic E-state index is 13.1. The zero-order valence-corrected chi connectivity index (χ0v) is 16.2. The van der Waals surface area contributed by atoms with E-state index in [0.29, 0.717) is 6.42 Å². The number of hydrogen-bond donors (Lipinski definition) is 2. The second-order valence-corrected chi connectivity index (χ2v) is 7.54. The summed E-state index contributed by atoms with van der Waals surface area (Å²) in [6.45, 7) is 4.05. The molecule has 28 heavy (non-hydrogen) atoms. The van der Waals surface area contributed by atoms with Crippen LogP contribution in [0.25, 0.3) is 0 Å². The van der Waals surface area contributed by atoms with Gasteiger partial charge in [-0.2, -0.15) is 0 Å². The Kier molecular flexibility index (Phi) is 5.46. The van der Waals surface area contributed by atoms with E-state index in [2.05, 4.69) is 51.4 Å². The van der Waals surface area contributed by atoms with Gasteiger partial charge in [-0.05, 0) is 49.6 Å². The molecular weight excluding hydrogens is 350 g/mol. The Morgan fingerprint density at radius 1 is 1.25 bits per heavy atom. The van der Waals surface area contributed by atoms with E-state index in [1.807, 2.05) is 29.1 Å². The minimum atomic E-state index is -0.273. The number of piperidine rings is 1. The molecule has 6 nitrogen and oxygen atoms in total. The van der Waals surface area contributed by atoms with Gasteiger partial charge in [0.1, 0.15) is 6.04 Å². The number of nitrogens with zero attached hydrogens (tertiary/aromatic N) is 3. The largest absolute Gasteiger partial charge is 0.371 e. The Bertz CT molecular complexity index is 880. The van der Waals surface area contributed by atoms with Crippen LogP contribution < -0.4 is 10.2 Å². The van der Waals surface area contributed by atoms with Gasteiger partial charge in [-0.25, -0.2) is 4.98 Å². The van der Waals surface area contributed by atoms with Crippen molar-refractivity contribution in [2.24, 2.45) is 0 Å². The molecule has 3 heterocycles. The highest BCUT2D eigenvalue weighted by Gasteiger charge is 2.26. The smallest absolute Gasteiger partial charge is 0.243 e. The zero-order chi connectivity index (χ0) is 19.3. The van der Waals surface area contributed by atoms with E-state index in [0.717, 1.165) is 31.6 Å². The summed E-state index contributed by atoms with van der Waals surface area (Å²) in [5, 5.41) is 3.28. The highest BCUT2D eigenvalue weighted by atomic mass is 16.2. The first kappa shape index (κ1) is 18.3. The van der Waals surface area contributed by atoms with Gasteiger partial charge in [-0.15, -0.1) is 0 Å². The summed E-state index contributed by atoms with van der Waals surface area (Å²) in [5.41, 5.74) is 3.51. The molecule has 1 atom stereocenters. The Morgan fingerprint density at radius 2 is 2.04 bits per heavy atom. The van der Waals surface area contributed by atoms with Crippen molar-refractivity contribution in [3.05, 3.63) is 72.6 Å². The van der Waals surface area contributed by atoms with Crippen LogP contribution >= 0.6 is 0 Å². The van der Waals surface area contributed by atoms with Crippen molar-refractivity contribution < 1.29 is 4.79 Å². The zero-order valence-electron chi connectivity index (χ0n) is 16.2. The molecule has 6 heteroatoms. The van der Waals surface area contributed by atoms with Crippen LogP contribution in [0, 0.1) is 6.92 Å². The number of aryl methyl sites for hydroxylation is 1. The molecular formula is C22H27N5O. The molecule has 3 aromatic rings. The molecule has 2 aromatic heterocycles. The van der Waals surface area contributed by atoms with Crippen molar-refractivity contribution in [3.8, 4) is 0 Å². The van der Waals surface area contributed by atoms with Gasteiger partial charge in [-0.1, -0.05) is 12.1 Å². The number of carbonyl (C=O) groups excluding carboxylic acids is 1. The Labute approximate surface area is 165 Å². The van der Waals surface area contributed by atoms with Crippen LogP contribution in [0.15, 0.2) is 61.3 Å². The molecule has 0 saturated carbocycles. The van der Waals surface area contributed by atoms with Crippen molar-refractivity contribution in [2.75, 3.05) is 18.0 Å². The minimum absolute atomic E-state index is 0.0693. The standard InChI is InChI=1S/C22H27N5O/c1-17-5-4-6-20(13-17)26-11-7-18(8-12-26)25-22(28)21(27-9-2-3-10-27)14-19-15-23-16-24-19/h2-6,9-10,13,15-16,18,21H,7-8,11-12,14H2,1H3,(H,23,24)(H,25,28). The van der Waals surface area contributed by atoms with Crippen molar-refractivity contribution >= 4 is 11.6 Å². The predicted octanol–water partition coefficient (Wildman–Crippen LogP) is 3.09. The average Bonchev–Trinajstić information content (AvgIpc) is 3.41. The fraction of sp³-hybridized carbons (Fsp3) is 0.364. The fourth-order valence-electron chi connectivity index (χ4n) is 3.90. The topological polar surface area (TPSA) is 66.0 Å². The van der Waals surface area contributed by atoms with Crippen molar-refractivity contribution in [3.63, 3.8) is 0 Å². The quantitative estimate of drug-likeness (QED) is 0.694. The van der Waals surface area contributed by atoms with Gasteiger partial charge >= 0.3 is 0 Å². The van der Waals surface area contributed by atoms with Crippen LogP contribution in [0.5, 0.6) is 0 Å². The van der Waals surface area contributed by atoms with Gasteiger partial charge in [0.05, 0.1) is 6.33 Å². The first-order chi connectivity index (χ1) is 13.7. The summed E-state index contributed by atoms with van der Waals surface area (Å²) in [7, 11) is 0. The SMILES string of the molecule is Cc1cccc(N2CCC(NC(=O)C(Cc3cnc[nH]3)n3cccc3)CC2)c1. The highest BCUT2D eigenvalue weighted by Crippen LogP contribution is 2.22. The number of carbonyl (C=O) groups is 1. The van der Waals surface area contributed by atoms with E-state index in [1.54, 1.807) is 12.5 Å². The summed E-state index contributed by atoms with van der Waals surface area (Å²) < 4.78 is 1.97. The normalized spacial score (nSPS) is 16.1. The maximum Gasteiger partial charge on any atom is 0.243 e. The number of aromatic amines is 1. The molecule has 1 saturated heterocycles. The number of benzene rings is 1. The predicted molar refractivity (Wildman–Crippen MR) is 110 cm³/mol. The van der Waals surface area contributed by atoms with Crippen LogP contribution in [0.4, 0.5) is 5.69 Å². The first-order valence-electron chi connectivity index (χ1n) is 9.91. The molecule has 1 unspecified atom stereocenters. The Morgan fingerprint density at radius 3 is 2.71 bits per heavy atom. The summed E-state index contributed by atoms with van der Waals surface area (Å²) in [6.07, 6.45) is 9.85. The number of aromatic nitrogens is 3. The van der Waals surface area contributed by atoms with E-state index in [-0.39, 0.29) is 18.0 Å². The monoisotopic (exact) mass is 377 g/mol.